The molecule has 3 rings (SSSR count). The zero-order chi connectivity index (χ0) is 19.7. The Morgan fingerprint density at radius 1 is 1.30 bits per heavy atom. The molecule has 0 aliphatic carbocycles. The normalized spacial score (nSPS) is 11.3. The van der Waals surface area contributed by atoms with Gasteiger partial charge in [-0.15, -0.1) is 0 Å². The number of ether oxygens (including phenoxy) is 1. The van der Waals surface area contributed by atoms with Gasteiger partial charge in [0, 0.05) is 0 Å². The summed E-state index contributed by atoms with van der Waals surface area (Å²) < 4.78 is 9.16. The number of alkyl halides is 1. The maximum atomic E-state index is 13.1. The van der Waals surface area contributed by atoms with Crippen LogP contribution in [0, 0.1) is 13.8 Å². The standard InChI is InChI=1S/C17H18AsBrClN5O2/c1-9-7-21-11(10(2)13(9)27-3)8-25-15-12(14(20)22-16(18)23-15)24(17(25)26)6-4-5-19/h7H,4-6,8H2,1-3H3. The van der Waals surface area contributed by atoms with Gasteiger partial charge in [0.05, 0.1) is 0 Å². The molecule has 142 valence electrons. The SMILES string of the molecule is COc1c(C)cnc(Cn2c(=O)n(CCCBr)c3c(Cl)nc([As])nc32)c1C. The average molecular weight is 515 g/mol. The molecule has 2 radical (unpaired) electrons. The van der Waals surface area contributed by atoms with Crippen LogP contribution in [-0.2, 0) is 13.1 Å². The van der Waals surface area contributed by atoms with Crippen molar-refractivity contribution < 1.29 is 4.74 Å². The number of imidazole rings is 1. The van der Waals surface area contributed by atoms with E-state index < -0.39 is 0 Å². The predicted molar refractivity (Wildman–Crippen MR) is 110 cm³/mol. The molecule has 10 heteroatoms. The fourth-order valence-electron chi connectivity index (χ4n) is 3.11. The fraction of sp³-hybridized carbons (Fsp3) is 0.412. The Morgan fingerprint density at radius 3 is 2.70 bits per heavy atom. The van der Waals surface area contributed by atoms with Crippen LogP contribution in [0.4, 0.5) is 0 Å². The van der Waals surface area contributed by atoms with E-state index in [0.29, 0.717) is 22.3 Å². The summed E-state index contributed by atoms with van der Waals surface area (Å²) in [4.78, 5) is 26.3. The molecule has 0 bridgehead atoms. The van der Waals surface area contributed by atoms with Gasteiger partial charge in [0.2, 0.25) is 0 Å². The summed E-state index contributed by atoms with van der Waals surface area (Å²) in [7, 11) is 1.63. The monoisotopic (exact) mass is 513 g/mol. The molecule has 0 N–H and O–H groups in total. The third kappa shape index (κ3) is 3.80. The first-order valence-electron chi connectivity index (χ1n) is 8.29. The van der Waals surface area contributed by atoms with E-state index in [9.17, 15) is 4.79 Å². The number of hydrogen-bond acceptors (Lipinski definition) is 5. The molecule has 0 aliphatic heterocycles. The number of halogens is 2. The second-order valence-corrected chi connectivity index (χ2v) is 8.09. The van der Waals surface area contributed by atoms with Crippen molar-refractivity contribution in [3.8, 4) is 5.75 Å². The second-order valence-electron chi connectivity index (χ2n) is 6.10. The molecular weight excluding hydrogens is 496 g/mol. The molecule has 0 saturated heterocycles. The zero-order valence-electron chi connectivity index (χ0n) is 15.2. The molecule has 0 saturated carbocycles. The molecule has 27 heavy (non-hydrogen) atoms. The van der Waals surface area contributed by atoms with E-state index in [1.807, 2.05) is 13.8 Å². The van der Waals surface area contributed by atoms with Crippen LogP contribution in [0.2, 0.25) is 5.15 Å². The molecule has 7 nitrogen and oxygen atoms in total. The topological polar surface area (TPSA) is 74.8 Å². The number of methoxy groups -OCH3 is 1. The van der Waals surface area contributed by atoms with Crippen LogP contribution >= 0.6 is 27.5 Å². The van der Waals surface area contributed by atoms with Crippen molar-refractivity contribution in [1.29, 1.82) is 0 Å². The summed E-state index contributed by atoms with van der Waals surface area (Å²) in [6, 6.07) is 0. The molecular formula is C17H18AsBrClN5O2. The molecule has 0 aliphatic rings. The third-order valence-electron chi connectivity index (χ3n) is 4.37. The summed E-state index contributed by atoms with van der Waals surface area (Å²) in [6.45, 7) is 4.68. The first kappa shape index (κ1) is 20.4. The van der Waals surface area contributed by atoms with Crippen LogP contribution < -0.4 is 15.0 Å². The van der Waals surface area contributed by atoms with Gasteiger partial charge in [0.1, 0.15) is 0 Å². The van der Waals surface area contributed by atoms with E-state index in [1.165, 1.54) is 0 Å². The Labute approximate surface area is 178 Å². The average Bonchev–Trinajstić information content (AvgIpc) is 2.88. The second kappa shape index (κ2) is 8.33. The van der Waals surface area contributed by atoms with Crippen LogP contribution in [0.25, 0.3) is 11.2 Å². The predicted octanol–water partition coefficient (Wildman–Crippen LogP) is 1.89. The van der Waals surface area contributed by atoms with E-state index in [4.69, 9.17) is 16.3 Å². The molecule has 0 amide bonds. The van der Waals surface area contributed by atoms with Crippen molar-refractivity contribution in [3.63, 3.8) is 0 Å². The fourth-order valence-corrected chi connectivity index (χ4v) is 4.16. The molecule has 3 aromatic rings. The van der Waals surface area contributed by atoms with Gasteiger partial charge in [0.15, 0.2) is 0 Å². The van der Waals surface area contributed by atoms with Crippen LogP contribution in [0.5, 0.6) is 5.75 Å². The van der Waals surface area contributed by atoms with Crippen LogP contribution in [0.15, 0.2) is 11.0 Å². The molecule has 0 fully saturated rings. The van der Waals surface area contributed by atoms with Crippen molar-refractivity contribution in [2.24, 2.45) is 0 Å². The molecule has 0 atom stereocenters. The van der Waals surface area contributed by atoms with Gasteiger partial charge in [-0.2, -0.15) is 0 Å². The number of rotatable bonds is 6. The van der Waals surface area contributed by atoms with Crippen molar-refractivity contribution >= 4 is 60.2 Å². The molecule has 3 heterocycles. The Balaban J connectivity index is 2.21. The zero-order valence-corrected chi connectivity index (χ0v) is 19.4. The van der Waals surface area contributed by atoms with E-state index in [2.05, 4.69) is 47.7 Å². The molecule has 0 aromatic carbocycles. The van der Waals surface area contributed by atoms with Gasteiger partial charge in [-0.05, 0) is 0 Å². The summed E-state index contributed by atoms with van der Waals surface area (Å²) in [5.41, 5.74) is 3.48. The van der Waals surface area contributed by atoms with Gasteiger partial charge in [-0.1, -0.05) is 0 Å². The molecule has 0 spiro atoms. The number of hydrogen-bond donors (Lipinski definition) is 0. The number of pyridine rings is 1. The van der Waals surface area contributed by atoms with E-state index in [-0.39, 0.29) is 17.4 Å². The molecule has 3 aromatic heterocycles. The first-order chi connectivity index (χ1) is 12.9. The number of nitrogens with zero attached hydrogens (tertiary/aromatic N) is 5. The quantitative estimate of drug-likeness (QED) is 0.285. The van der Waals surface area contributed by atoms with Gasteiger partial charge in [-0.3, -0.25) is 0 Å². The summed E-state index contributed by atoms with van der Waals surface area (Å²) in [6.07, 6.45) is 2.54. The third-order valence-corrected chi connectivity index (χ3v) is 5.62. The van der Waals surface area contributed by atoms with Crippen LogP contribution in [0.1, 0.15) is 23.2 Å². The summed E-state index contributed by atoms with van der Waals surface area (Å²) in [5.74, 6) is 0.775. The minimum atomic E-state index is -0.180. The summed E-state index contributed by atoms with van der Waals surface area (Å²) in [5, 5.41) is 1.05. The number of fused-ring (bicyclic) bond motifs is 1. The Kier molecular flexibility index (Phi) is 6.28. The van der Waals surface area contributed by atoms with E-state index in [0.717, 1.165) is 34.3 Å². The van der Waals surface area contributed by atoms with Gasteiger partial charge < -0.3 is 0 Å². The van der Waals surface area contributed by atoms with Gasteiger partial charge >= 0.3 is 179 Å². The van der Waals surface area contributed by atoms with Crippen molar-refractivity contribution in [2.45, 2.75) is 33.4 Å². The first-order valence-corrected chi connectivity index (χ1v) is 10.7. The van der Waals surface area contributed by atoms with Crippen LogP contribution in [0.3, 0.4) is 0 Å². The van der Waals surface area contributed by atoms with Crippen molar-refractivity contribution in [3.05, 3.63) is 38.7 Å². The Hall–Kier alpha value is -1.37. The maximum absolute atomic E-state index is 13.1. The van der Waals surface area contributed by atoms with Crippen molar-refractivity contribution in [1.82, 2.24) is 24.1 Å². The number of aryl methyl sites for hydroxylation is 2. The van der Waals surface area contributed by atoms with E-state index in [1.54, 1.807) is 22.4 Å². The molecule has 0 unspecified atom stereocenters. The van der Waals surface area contributed by atoms with Gasteiger partial charge in [0.25, 0.3) is 0 Å². The van der Waals surface area contributed by atoms with Crippen molar-refractivity contribution in [2.75, 3.05) is 12.4 Å². The minimum absolute atomic E-state index is 0.180. The van der Waals surface area contributed by atoms with E-state index >= 15 is 0 Å². The van der Waals surface area contributed by atoms with Gasteiger partial charge in [-0.25, -0.2) is 0 Å². The summed E-state index contributed by atoms with van der Waals surface area (Å²) >= 11 is 12.0. The number of aromatic nitrogens is 5. The Bertz CT molecular complexity index is 1070. The van der Waals surface area contributed by atoms with Crippen LogP contribution in [-0.4, -0.2) is 53.4 Å². The Morgan fingerprint density at radius 2 is 2.04 bits per heavy atom.